The van der Waals surface area contributed by atoms with Crippen LogP contribution in [-0.4, -0.2) is 88.6 Å². The molecule has 3 aromatic carbocycles. The molecule has 0 saturated carbocycles. The smallest absolute Gasteiger partial charge is 0.397 e. The summed E-state index contributed by atoms with van der Waals surface area (Å²) in [5.74, 6) is -0.925. The van der Waals surface area contributed by atoms with Gasteiger partial charge in [0.2, 0.25) is 11.0 Å². The highest BCUT2D eigenvalue weighted by Gasteiger charge is 2.25. The molecule has 1 unspecified atom stereocenters. The fraction of sp³-hybridized carbons (Fsp3) is 0.265. The lowest BCUT2D eigenvalue weighted by Crippen LogP contribution is -2.25. The average Bonchev–Trinajstić information content (AvgIpc) is 3.16. The molecule has 1 aliphatic carbocycles. The van der Waals surface area contributed by atoms with Gasteiger partial charge in [0.15, 0.2) is 19.7 Å². The van der Waals surface area contributed by atoms with Crippen molar-refractivity contribution in [3.05, 3.63) is 95.8 Å². The summed E-state index contributed by atoms with van der Waals surface area (Å²) in [6, 6.07) is 22.7. The molecule has 59 heavy (non-hydrogen) atoms. The van der Waals surface area contributed by atoms with Crippen LogP contribution in [0, 0.1) is 0 Å². The van der Waals surface area contributed by atoms with E-state index in [-0.39, 0.29) is 46.3 Å². The normalized spacial score (nSPS) is 13.5. The van der Waals surface area contributed by atoms with Crippen LogP contribution >= 0.6 is 12.9 Å². The molecule has 0 amide bonds. The Hall–Kier alpha value is -3.67. The molecule has 1 heterocycles. The summed E-state index contributed by atoms with van der Waals surface area (Å²) >= 11 is 0.576. The monoisotopic (exact) mass is 938 g/mol. The number of aryl methyl sites for hydroxylation is 1. The van der Waals surface area contributed by atoms with Crippen molar-refractivity contribution in [2.75, 3.05) is 37.0 Å². The lowest BCUT2D eigenvalue weighted by atomic mass is 9.93. The second-order valence-electron chi connectivity index (χ2n) is 12.2. The minimum atomic E-state index is -4.77. The Morgan fingerprint density at radius 2 is 1.54 bits per heavy atom. The van der Waals surface area contributed by atoms with E-state index in [1.165, 1.54) is 24.3 Å². The minimum absolute atomic E-state index is 0.0635. The zero-order valence-corrected chi connectivity index (χ0v) is 35.6. The highest BCUT2D eigenvalue weighted by atomic mass is 32.3. The Morgan fingerprint density at radius 3 is 2.19 bits per heavy atom. The lowest BCUT2D eigenvalue weighted by molar-refractivity contribution is -0.635. The first-order valence-electron chi connectivity index (χ1n) is 16.8. The maximum absolute atomic E-state index is 13.0. The van der Waals surface area contributed by atoms with Gasteiger partial charge in [-0.3, -0.25) is 9.11 Å². The van der Waals surface area contributed by atoms with Gasteiger partial charge in [-0.05, 0) is 49.6 Å². The molecular weight excluding hydrogens is 903 g/mol. The largest absolute Gasteiger partial charge is 0.750 e. The molecule has 2 N–H and O–H groups in total. The summed E-state index contributed by atoms with van der Waals surface area (Å²) in [7, 11) is -16.9. The number of fused-ring (bicyclic) bond motifs is 2. The molecule has 3 aromatic rings. The van der Waals surface area contributed by atoms with E-state index >= 15 is 0 Å². The molecule has 2 aliphatic rings. The van der Waals surface area contributed by atoms with Crippen molar-refractivity contribution in [2.45, 2.75) is 29.6 Å². The molecule has 0 bridgehead atoms. The molecule has 322 valence electrons. The summed E-state index contributed by atoms with van der Waals surface area (Å²) in [6.45, 7) is 1.34. The summed E-state index contributed by atoms with van der Waals surface area (Å²) in [5.41, 5.74) is 2.73. The van der Waals surface area contributed by atoms with E-state index in [0.29, 0.717) is 51.0 Å². The molecule has 25 heteroatoms. The second kappa shape index (κ2) is 20.7. The lowest BCUT2D eigenvalue weighted by Gasteiger charge is -2.17. The van der Waals surface area contributed by atoms with Crippen molar-refractivity contribution in [2.24, 2.45) is 0 Å². The summed E-state index contributed by atoms with van der Waals surface area (Å²) in [5, 5.41) is 9.63. The third-order valence-corrected chi connectivity index (χ3v) is 13.4. The zero-order chi connectivity index (χ0) is 43.6. The van der Waals surface area contributed by atoms with Gasteiger partial charge in [-0.25, -0.2) is 30.1 Å². The van der Waals surface area contributed by atoms with Gasteiger partial charge in [0.1, 0.15) is 22.8 Å². The van der Waals surface area contributed by atoms with Crippen molar-refractivity contribution >= 4 is 81.1 Å². The Labute approximate surface area is 347 Å². The number of rotatable bonds is 18. The Bertz CT molecular complexity index is 2790. The number of benzene rings is 4. The average molecular weight is 939 g/mol. The van der Waals surface area contributed by atoms with Gasteiger partial charge in [-0.1, -0.05) is 36.4 Å². The minimum Gasteiger partial charge on any atom is -0.750 e. The molecule has 19 nitrogen and oxygen atoms in total. The molecule has 0 aromatic heterocycles. The number of nitrogens with zero attached hydrogens (tertiary/aromatic N) is 1. The molecule has 0 fully saturated rings. The molecule has 0 radical (unpaired) electrons. The number of thiol groups is 1. The predicted octanol–water partition coefficient (Wildman–Crippen LogP) is 2.38. The van der Waals surface area contributed by atoms with Crippen molar-refractivity contribution in [1.29, 1.82) is 0 Å². The van der Waals surface area contributed by atoms with Gasteiger partial charge in [0.05, 0.1) is 52.8 Å². The van der Waals surface area contributed by atoms with Gasteiger partial charge in [0.25, 0.3) is 10.1 Å². The van der Waals surface area contributed by atoms with Crippen molar-refractivity contribution < 1.29 is 79.0 Å². The maximum atomic E-state index is 13.0. The number of hydrogen-bond acceptors (Lipinski definition) is 17. The second-order valence-corrected chi connectivity index (χ2v) is 19.8. The van der Waals surface area contributed by atoms with Crippen molar-refractivity contribution in [3.63, 3.8) is 0 Å². The molecule has 0 spiro atoms. The Kier molecular flexibility index (Phi) is 16.9. The topological polar surface area (TPSA) is 293 Å². The van der Waals surface area contributed by atoms with E-state index in [4.69, 9.17) is 23.0 Å². The first-order valence-corrected chi connectivity index (χ1v) is 24.5. The number of hydrogen-bond donors (Lipinski definition) is 3. The van der Waals surface area contributed by atoms with Crippen LogP contribution in [0.5, 0.6) is 0 Å². The molecule has 1 atom stereocenters. The van der Waals surface area contributed by atoms with Crippen LogP contribution in [0.2, 0.25) is 0 Å². The van der Waals surface area contributed by atoms with Crippen LogP contribution in [0.25, 0.3) is 33.4 Å². The van der Waals surface area contributed by atoms with E-state index in [0.717, 1.165) is 0 Å². The Balaban J connectivity index is 0.00000145. The zero-order valence-electron chi connectivity index (χ0n) is 30.6. The highest BCUT2D eigenvalue weighted by Crippen LogP contribution is 2.42. The van der Waals surface area contributed by atoms with Crippen LogP contribution < -0.4 is 15.2 Å². The first-order chi connectivity index (χ1) is 27.7. The molecule has 0 saturated heterocycles. The standard InChI is InChI=1S/C34H35NO14S5.H2O4S/c1-2-35(25-8-5-9-27(22-25)52(38,39)20-16-46-49-50)26-13-15-29-32(23-26)48-31-21-24(7-6-18-51(36,37)19-17-47-54(43,44)45)12-14-28(31)34(29)30-10-3-4-11-33(30)53(40,41)42;1-4-5(2)3/h3-5,8-15,21-23H,2,6-7,16-20H2,1H3,(H2-,40,41,42,43,44,45,50);1H,(H,2,3)/p-1. The van der Waals surface area contributed by atoms with Crippen LogP contribution in [0.15, 0.2) is 99.1 Å². The third kappa shape index (κ3) is 13.7. The van der Waals surface area contributed by atoms with E-state index in [1.54, 1.807) is 60.7 Å². The SMILES string of the molecule is CC[N+](c1cccc(S(=O)(=O)CCOOS)c1)=c1ccc2c(-c3ccccc3S(=O)(=O)O)c3ccc(CCCS(=O)(=O)CCOS(=O)(=O)O)cc3oc-2c1.O=S([O-])O[O-]. The molecule has 1 aliphatic heterocycles. The maximum Gasteiger partial charge on any atom is 0.397 e. The van der Waals surface area contributed by atoms with Gasteiger partial charge in [0, 0.05) is 53.2 Å². The van der Waals surface area contributed by atoms with E-state index < -0.39 is 63.9 Å². The summed E-state index contributed by atoms with van der Waals surface area (Å²) in [6.07, 6.45) is 0.432. The van der Waals surface area contributed by atoms with Crippen molar-refractivity contribution in [3.8, 4) is 22.5 Å². The first kappa shape index (κ1) is 48.0. The van der Waals surface area contributed by atoms with Gasteiger partial charge in [-0.2, -0.15) is 25.7 Å². The molecular formula is C34H36NO18S6-. The molecule has 5 rings (SSSR count). The van der Waals surface area contributed by atoms with Gasteiger partial charge >= 0.3 is 10.4 Å². The summed E-state index contributed by atoms with van der Waals surface area (Å²) in [4.78, 5) is 4.36. The predicted molar refractivity (Wildman–Crippen MR) is 213 cm³/mol. The fourth-order valence-corrected chi connectivity index (χ4v) is 9.36. The van der Waals surface area contributed by atoms with Gasteiger partial charge < -0.3 is 18.6 Å². The van der Waals surface area contributed by atoms with E-state index in [9.17, 15) is 38.2 Å². The van der Waals surface area contributed by atoms with Crippen LogP contribution in [0.3, 0.4) is 0 Å². The number of sulfone groups is 2. The van der Waals surface area contributed by atoms with Crippen LogP contribution in [0.4, 0.5) is 5.69 Å². The third-order valence-electron chi connectivity index (χ3n) is 8.41. The van der Waals surface area contributed by atoms with Crippen molar-refractivity contribution in [1.82, 2.24) is 4.58 Å². The fourth-order valence-electron chi connectivity index (χ4n) is 5.96. The van der Waals surface area contributed by atoms with E-state index in [1.807, 2.05) is 11.5 Å². The van der Waals surface area contributed by atoms with Gasteiger partial charge in [-0.15, -0.1) is 0 Å². The van der Waals surface area contributed by atoms with Crippen LogP contribution in [-0.2, 0) is 75.7 Å². The highest BCUT2D eigenvalue weighted by molar-refractivity contribution is 7.91. The quantitative estimate of drug-likeness (QED) is 0.0131. The Morgan fingerprint density at radius 1 is 0.831 bits per heavy atom. The summed E-state index contributed by atoms with van der Waals surface area (Å²) < 4.78 is 153. The van der Waals surface area contributed by atoms with E-state index in [2.05, 4.69) is 30.6 Å². The van der Waals surface area contributed by atoms with Crippen LogP contribution in [0.1, 0.15) is 18.9 Å².